The Hall–Kier alpha value is -3.49. The summed E-state index contributed by atoms with van der Waals surface area (Å²) in [6.07, 6.45) is 2.83. The first-order chi connectivity index (χ1) is 10.7. The van der Waals surface area contributed by atoms with Crippen molar-refractivity contribution in [1.82, 2.24) is 24.9 Å². The van der Waals surface area contributed by atoms with Crippen LogP contribution in [0, 0.1) is 0 Å². The van der Waals surface area contributed by atoms with Crippen molar-refractivity contribution in [3.8, 4) is 11.6 Å². The van der Waals surface area contributed by atoms with E-state index in [2.05, 4.69) is 35.1 Å². The number of phenolic OH excluding ortho intramolecular Hbond substituents is 1. The Bertz CT molecular complexity index is 1020. The highest BCUT2D eigenvalue weighted by Gasteiger charge is 2.11. The van der Waals surface area contributed by atoms with Gasteiger partial charge in [-0.15, -0.1) is 10.2 Å². The average molecular weight is 295 g/mol. The summed E-state index contributed by atoms with van der Waals surface area (Å²) in [5.41, 5.74) is 1.86. The molecule has 0 spiro atoms. The van der Waals surface area contributed by atoms with Gasteiger partial charge in [0.25, 0.3) is 0 Å². The van der Waals surface area contributed by atoms with Crippen LogP contribution in [0.4, 0.5) is 11.5 Å². The number of rotatable bonds is 2. The van der Waals surface area contributed by atoms with Crippen LogP contribution in [0.1, 0.15) is 0 Å². The zero-order valence-corrected chi connectivity index (χ0v) is 11.0. The first kappa shape index (κ1) is 12.3. The van der Waals surface area contributed by atoms with Crippen LogP contribution in [0.15, 0.2) is 41.1 Å². The number of aromatic hydroxyl groups is 2. The Labute approximate surface area is 122 Å². The number of nitrogens with one attached hydrogen (secondary N) is 2. The molecule has 0 bridgehead atoms. The number of H-pyrrole nitrogens is 2. The number of azo groups is 1. The first-order valence-electron chi connectivity index (χ1n) is 6.32. The molecule has 3 heterocycles. The molecule has 0 saturated carbocycles. The molecule has 22 heavy (non-hydrogen) atoms. The molecule has 1 aromatic carbocycles. The third kappa shape index (κ3) is 1.84. The summed E-state index contributed by atoms with van der Waals surface area (Å²) in [5.74, 6) is 0.265. The second kappa shape index (κ2) is 4.52. The molecule has 4 rings (SSSR count). The Morgan fingerprint density at radius 1 is 1.05 bits per heavy atom. The van der Waals surface area contributed by atoms with Gasteiger partial charge in [-0.05, 0) is 12.1 Å². The summed E-state index contributed by atoms with van der Waals surface area (Å²) in [4.78, 5) is 17.6. The van der Waals surface area contributed by atoms with Gasteiger partial charge in [0.1, 0.15) is 17.6 Å². The van der Waals surface area contributed by atoms with Crippen LogP contribution in [0.2, 0.25) is 0 Å². The van der Waals surface area contributed by atoms with Crippen molar-refractivity contribution < 1.29 is 10.2 Å². The lowest BCUT2D eigenvalue weighted by Crippen LogP contribution is -1.80. The minimum atomic E-state index is -0.140. The molecule has 0 aliphatic carbocycles. The average Bonchev–Trinajstić information content (AvgIpc) is 3.09. The normalized spacial score (nSPS) is 11.8. The summed E-state index contributed by atoms with van der Waals surface area (Å²) in [5, 5.41) is 28.1. The number of aromatic amines is 2. The quantitative estimate of drug-likeness (QED) is 0.421. The van der Waals surface area contributed by atoms with Gasteiger partial charge in [-0.1, -0.05) is 0 Å². The lowest BCUT2D eigenvalue weighted by molar-refractivity contribution is 0.459. The van der Waals surface area contributed by atoms with Crippen molar-refractivity contribution in [3.05, 3.63) is 30.9 Å². The highest BCUT2D eigenvalue weighted by molar-refractivity contribution is 5.95. The van der Waals surface area contributed by atoms with Crippen LogP contribution >= 0.6 is 0 Å². The van der Waals surface area contributed by atoms with Crippen LogP contribution in [-0.2, 0) is 0 Å². The smallest absolute Gasteiger partial charge is 0.218 e. The van der Waals surface area contributed by atoms with Crippen LogP contribution in [-0.4, -0.2) is 35.1 Å². The number of hydrogen-bond acceptors (Lipinski definition) is 7. The molecule has 0 atom stereocenters. The topological polar surface area (TPSA) is 135 Å². The summed E-state index contributed by atoms with van der Waals surface area (Å²) in [6, 6.07) is 4.64. The van der Waals surface area contributed by atoms with E-state index < -0.39 is 0 Å². The summed E-state index contributed by atoms with van der Waals surface area (Å²) >= 11 is 0. The van der Waals surface area contributed by atoms with Crippen molar-refractivity contribution in [3.63, 3.8) is 0 Å². The van der Waals surface area contributed by atoms with E-state index in [4.69, 9.17) is 0 Å². The van der Waals surface area contributed by atoms with Crippen LogP contribution < -0.4 is 0 Å². The third-order valence-corrected chi connectivity index (χ3v) is 3.18. The van der Waals surface area contributed by atoms with E-state index >= 15 is 0 Å². The Kier molecular flexibility index (Phi) is 2.52. The van der Waals surface area contributed by atoms with Crippen molar-refractivity contribution in [2.45, 2.75) is 0 Å². The predicted molar refractivity (Wildman–Crippen MR) is 77.5 cm³/mol. The maximum Gasteiger partial charge on any atom is 0.218 e. The monoisotopic (exact) mass is 295 g/mol. The molecule has 0 unspecified atom stereocenters. The maximum atomic E-state index is 9.93. The van der Waals surface area contributed by atoms with E-state index in [1.54, 1.807) is 6.07 Å². The fraction of sp³-hybridized carbons (Fsp3) is 0. The number of benzene rings is 1. The molecule has 3 aromatic heterocycles. The van der Waals surface area contributed by atoms with Gasteiger partial charge >= 0.3 is 0 Å². The van der Waals surface area contributed by atoms with Crippen molar-refractivity contribution >= 4 is 33.6 Å². The van der Waals surface area contributed by atoms with Gasteiger partial charge in [0.2, 0.25) is 11.7 Å². The van der Waals surface area contributed by atoms with E-state index in [0.717, 1.165) is 0 Å². The van der Waals surface area contributed by atoms with E-state index in [9.17, 15) is 10.2 Å². The largest absolute Gasteiger partial charge is 0.508 e. The van der Waals surface area contributed by atoms with Gasteiger partial charge in [-0.25, -0.2) is 15.0 Å². The van der Waals surface area contributed by atoms with Crippen molar-refractivity contribution in [2.75, 3.05) is 0 Å². The highest BCUT2D eigenvalue weighted by atomic mass is 16.3. The highest BCUT2D eigenvalue weighted by Crippen LogP contribution is 2.37. The lowest BCUT2D eigenvalue weighted by Gasteiger charge is -1.94. The minimum Gasteiger partial charge on any atom is -0.508 e. The Morgan fingerprint density at radius 3 is 2.86 bits per heavy atom. The standard InChI is InChI=1S/C13H9N7O2/c21-6-1-2-7-8(3-6)18-13(22)9(7)19-20-12-10-11(15-4-14-10)16-5-17-12/h1-5,18,21-22H,(H,14,15,16,17). The van der Waals surface area contributed by atoms with Gasteiger partial charge in [0, 0.05) is 11.5 Å². The van der Waals surface area contributed by atoms with Gasteiger partial charge in [0.15, 0.2) is 11.3 Å². The van der Waals surface area contributed by atoms with Gasteiger partial charge in [-0.2, -0.15) is 0 Å². The fourth-order valence-corrected chi connectivity index (χ4v) is 2.18. The Balaban J connectivity index is 1.83. The molecule has 9 nitrogen and oxygen atoms in total. The molecular formula is C13H9N7O2. The zero-order valence-electron chi connectivity index (χ0n) is 11.0. The van der Waals surface area contributed by atoms with Crippen LogP contribution in [0.5, 0.6) is 11.6 Å². The molecule has 4 N–H and O–H groups in total. The number of fused-ring (bicyclic) bond motifs is 2. The van der Waals surface area contributed by atoms with E-state index in [1.165, 1.54) is 24.8 Å². The number of hydrogen-bond donors (Lipinski definition) is 4. The molecule has 4 aromatic rings. The summed E-state index contributed by atoms with van der Waals surface area (Å²) in [6.45, 7) is 0. The molecule has 0 fully saturated rings. The first-order valence-corrected chi connectivity index (χ1v) is 6.32. The van der Waals surface area contributed by atoms with Crippen LogP contribution in [0.25, 0.3) is 22.1 Å². The van der Waals surface area contributed by atoms with Gasteiger partial charge in [-0.3, -0.25) is 0 Å². The van der Waals surface area contributed by atoms with Crippen molar-refractivity contribution in [1.29, 1.82) is 0 Å². The lowest BCUT2D eigenvalue weighted by atomic mass is 10.2. The van der Waals surface area contributed by atoms with E-state index in [-0.39, 0.29) is 17.3 Å². The third-order valence-electron chi connectivity index (χ3n) is 3.18. The van der Waals surface area contributed by atoms with Gasteiger partial charge in [0.05, 0.1) is 11.8 Å². The minimum absolute atomic E-state index is 0.0900. The predicted octanol–water partition coefficient (Wildman–Crippen LogP) is 2.66. The molecule has 0 aliphatic heterocycles. The van der Waals surface area contributed by atoms with Crippen molar-refractivity contribution in [2.24, 2.45) is 10.2 Å². The molecule has 108 valence electrons. The summed E-state index contributed by atoms with van der Waals surface area (Å²) in [7, 11) is 0. The molecule has 9 heteroatoms. The molecule has 0 amide bonds. The molecule has 0 aliphatic rings. The zero-order chi connectivity index (χ0) is 15.1. The SMILES string of the molecule is Oc1ccc2c(N=Nc3ncnc4nc[nH]c34)c(O)[nH]c2c1. The second-order valence-corrected chi connectivity index (χ2v) is 4.55. The molecule has 0 saturated heterocycles. The van der Waals surface area contributed by atoms with E-state index in [1.807, 2.05) is 0 Å². The fourth-order valence-electron chi connectivity index (χ4n) is 2.18. The maximum absolute atomic E-state index is 9.93. The molecule has 0 radical (unpaired) electrons. The van der Waals surface area contributed by atoms with Crippen LogP contribution in [0.3, 0.4) is 0 Å². The molecular weight excluding hydrogens is 286 g/mol. The number of aromatic nitrogens is 5. The summed E-state index contributed by atoms with van der Waals surface area (Å²) < 4.78 is 0. The number of phenols is 1. The second-order valence-electron chi connectivity index (χ2n) is 4.55. The number of nitrogens with zero attached hydrogens (tertiary/aromatic N) is 5. The van der Waals surface area contributed by atoms with E-state index in [0.29, 0.717) is 27.9 Å². The van der Waals surface area contributed by atoms with Gasteiger partial charge < -0.3 is 20.2 Å². The Morgan fingerprint density at radius 2 is 1.95 bits per heavy atom. The number of imidazole rings is 1.